The van der Waals surface area contributed by atoms with E-state index in [0.717, 1.165) is 0 Å². The SMILES string of the molecule is CCOC(=O)C1C(=NC)NNC1N. The van der Waals surface area contributed by atoms with Crippen molar-refractivity contribution in [1.29, 1.82) is 0 Å². The van der Waals surface area contributed by atoms with Crippen molar-refractivity contribution in [1.82, 2.24) is 10.9 Å². The number of nitrogens with one attached hydrogen (secondary N) is 2. The lowest BCUT2D eigenvalue weighted by Crippen LogP contribution is -2.42. The zero-order valence-electron chi connectivity index (χ0n) is 7.70. The highest BCUT2D eigenvalue weighted by atomic mass is 16.5. The predicted molar refractivity (Wildman–Crippen MR) is 47.7 cm³/mol. The maximum absolute atomic E-state index is 11.4. The molecule has 74 valence electrons. The number of hydrazine groups is 1. The Hall–Kier alpha value is -1.14. The van der Waals surface area contributed by atoms with Crippen LogP contribution in [0, 0.1) is 5.92 Å². The van der Waals surface area contributed by atoms with E-state index in [2.05, 4.69) is 15.8 Å². The molecule has 0 aromatic carbocycles. The molecule has 1 aliphatic rings. The minimum atomic E-state index is -0.523. The number of aliphatic imine (C=N–C) groups is 1. The Kier molecular flexibility index (Phi) is 3.21. The summed E-state index contributed by atoms with van der Waals surface area (Å²) >= 11 is 0. The van der Waals surface area contributed by atoms with E-state index < -0.39 is 12.1 Å². The molecule has 0 aromatic rings. The number of nitrogens with two attached hydrogens (primary N) is 1. The fraction of sp³-hybridized carbons (Fsp3) is 0.714. The molecule has 0 radical (unpaired) electrons. The van der Waals surface area contributed by atoms with E-state index in [1.54, 1.807) is 14.0 Å². The Morgan fingerprint density at radius 1 is 1.77 bits per heavy atom. The molecule has 6 nitrogen and oxygen atoms in total. The summed E-state index contributed by atoms with van der Waals surface area (Å²) in [5.74, 6) is -0.357. The van der Waals surface area contributed by atoms with Crippen molar-refractivity contribution < 1.29 is 9.53 Å². The van der Waals surface area contributed by atoms with E-state index in [0.29, 0.717) is 12.4 Å². The fourth-order valence-electron chi connectivity index (χ4n) is 1.17. The standard InChI is InChI=1S/C7H14N4O2/c1-3-13-7(12)4-5(8)10-11-6(4)9-2/h4-5,10H,3,8H2,1-2H3,(H,9,11). The first-order valence-corrected chi connectivity index (χ1v) is 4.11. The van der Waals surface area contributed by atoms with E-state index >= 15 is 0 Å². The zero-order valence-corrected chi connectivity index (χ0v) is 7.70. The first-order valence-electron chi connectivity index (χ1n) is 4.11. The van der Waals surface area contributed by atoms with Gasteiger partial charge < -0.3 is 15.9 Å². The third-order valence-corrected chi connectivity index (χ3v) is 1.80. The van der Waals surface area contributed by atoms with Crippen molar-refractivity contribution >= 4 is 11.8 Å². The summed E-state index contributed by atoms with van der Waals surface area (Å²) < 4.78 is 4.85. The number of esters is 1. The summed E-state index contributed by atoms with van der Waals surface area (Å²) in [4.78, 5) is 15.2. The largest absolute Gasteiger partial charge is 0.465 e. The Bertz CT molecular complexity index is 229. The van der Waals surface area contributed by atoms with Crippen LogP contribution in [0.1, 0.15) is 6.92 Å². The Morgan fingerprint density at radius 3 is 3.00 bits per heavy atom. The van der Waals surface area contributed by atoms with Crippen LogP contribution < -0.4 is 16.6 Å². The van der Waals surface area contributed by atoms with Crippen LogP contribution in [0.5, 0.6) is 0 Å². The highest BCUT2D eigenvalue weighted by molar-refractivity contribution is 6.02. The van der Waals surface area contributed by atoms with E-state index in [-0.39, 0.29) is 5.97 Å². The second kappa shape index (κ2) is 4.20. The van der Waals surface area contributed by atoms with Crippen LogP contribution in [0.25, 0.3) is 0 Å². The van der Waals surface area contributed by atoms with E-state index in [9.17, 15) is 4.79 Å². The summed E-state index contributed by atoms with van der Waals surface area (Å²) in [5.41, 5.74) is 11.0. The molecule has 6 heteroatoms. The van der Waals surface area contributed by atoms with Crippen molar-refractivity contribution in [3.05, 3.63) is 0 Å². The van der Waals surface area contributed by atoms with Crippen LogP contribution in [0.3, 0.4) is 0 Å². The van der Waals surface area contributed by atoms with Gasteiger partial charge in [-0.05, 0) is 6.92 Å². The summed E-state index contributed by atoms with van der Waals surface area (Å²) in [5, 5.41) is 0. The summed E-state index contributed by atoms with van der Waals surface area (Å²) in [6, 6.07) is 0. The third kappa shape index (κ3) is 1.96. The van der Waals surface area contributed by atoms with Crippen molar-refractivity contribution in [3.63, 3.8) is 0 Å². The highest BCUT2D eigenvalue weighted by Gasteiger charge is 2.36. The summed E-state index contributed by atoms with van der Waals surface area (Å²) in [6.07, 6.45) is -0.474. The molecule has 0 bridgehead atoms. The smallest absolute Gasteiger partial charge is 0.319 e. The number of rotatable bonds is 2. The lowest BCUT2D eigenvalue weighted by atomic mass is 10.1. The van der Waals surface area contributed by atoms with Gasteiger partial charge in [0.05, 0.1) is 12.8 Å². The van der Waals surface area contributed by atoms with Crippen molar-refractivity contribution in [2.75, 3.05) is 13.7 Å². The Morgan fingerprint density at radius 2 is 2.46 bits per heavy atom. The quantitative estimate of drug-likeness (QED) is 0.461. The minimum absolute atomic E-state index is 0.346. The monoisotopic (exact) mass is 186 g/mol. The summed E-state index contributed by atoms with van der Waals surface area (Å²) in [6.45, 7) is 2.10. The van der Waals surface area contributed by atoms with Crippen LogP contribution in [-0.4, -0.2) is 31.6 Å². The molecule has 1 fully saturated rings. The minimum Gasteiger partial charge on any atom is -0.465 e. The lowest BCUT2D eigenvalue weighted by Gasteiger charge is -2.11. The molecule has 1 rings (SSSR count). The molecule has 1 heterocycles. The van der Waals surface area contributed by atoms with Gasteiger partial charge in [-0.2, -0.15) is 0 Å². The van der Waals surface area contributed by atoms with E-state index in [4.69, 9.17) is 10.5 Å². The van der Waals surface area contributed by atoms with Gasteiger partial charge >= 0.3 is 5.97 Å². The summed E-state index contributed by atoms with van der Waals surface area (Å²) in [7, 11) is 1.59. The van der Waals surface area contributed by atoms with Gasteiger partial charge in [-0.3, -0.25) is 9.79 Å². The van der Waals surface area contributed by atoms with Gasteiger partial charge in [-0.25, -0.2) is 5.43 Å². The molecular weight excluding hydrogens is 172 g/mol. The average Bonchev–Trinajstić information content (AvgIpc) is 2.47. The first-order chi connectivity index (χ1) is 6.20. The van der Waals surface area contributed by atoms with Crippen molar-refractivity contribution in [2.45, 2.75) is 13.1 Å². The second-order valence-corrected chi connectivity index (χ2v) is 2.63. The zero-order chi connectivity index (χ0) is 9.84. The van der Waals surface area contributed by atoms with Gasteiger partial charge in [0.25, 0.3) is 0 Å². The van der Waals surface area contributed by atoms with Gasteiger partial charge in [-0.15, -0.1) is 0 Å². The topological polar surface area (TPSA) is 88.7 Å². The lowest BCUT2D eigenvalue weighted by molar-refractivity contribution is -0.145. The Labute approximate surface area is 76.5 Å². The fourth-order valence-corrected chi connectivity index (χ4v) is 1.17. The van der Waals surface area contributed by atoms with E-state index in [1.165, 1.54) is 0 Å². The number of nitrogens with zero attached hydrogens (tertiary/aromatic N) is 1. The number of amidine groups is 1. The molecule has 0 aliphatic carbocycles. The highest BCUT2D eigenvalue weighted by Crippen LogP contribution is 2.08. The van der Waals surface area contributed by atoms with Gasteiger partial charge in [0, 0.05) is 7.05 Å². The van der Waals surface area contributed by atoms with Crippen LogP contribution in [0.2, 0.25) is 0 Å². The maximum Gasteiger partial charge on any atom is 0.319 e. The molecule has 4 N–H and O–H groups in total. The molecule has 0 aromatic heterocycles. The maximum atomic E-state index is 11.4. The van der Waals surface area contributed by atoms with Gasteiger partial charge in [0.1, 0.15) is 11.8 Å². The first kappa shape index (κ1) is 9.94. The molecule has 1 saturated heterocycles. The average molecular weight is 186 g/mol. The van der Waals surface area contributed by atoms with E-state index in [1.807, 2.05) is 0 Å². The van der Waals surface area contributed by atoms with Crippen LogP contribution in [0.15, 0.2) is 4.99 Å². The molecular formula is C7H14N4O2. The van der Waals surface area contributed by atoms with Gasteiger partial charge in [0.2, 0.25) is 0 Å². The molecule has 2 unspecified atom stereocenters. The number of hydrogen-bond acceptors (Lipinski definition) is 5. The molecule has 13 heavy (non-hydrogen) atoms. The second-order valence-electron chi connectivity index (χ2n) is 2.63. The van der Waals surface area contributed by atoms with Crippen molar-refractivity contribution in [3.8, 4) is 0 Å². The van der Waals surface area contributed by atoms with Gasteiger partial charge in [0.15, 0.2) is 0 Å². The number of hydrogen-bond donors (Lipinski definition) is 3. The van der Waals surface area contributed by atoms with Crippen molar-refractivity contribution in [2.24, 2.45) is 16.6 Å². The normalized spacial score (nSPS) is 30.2. The predicted octanol–water partition coefficient (Wildman–Crippen LogP) is -1.41. The number of carbonyl (C=O) groups is 1. The van der Waals surface area contributed by atoms with Crippen LogP contribution in [-0.2, 0) is 9.53 Å². The third-order valence-electron chi connectivity index (χ3n) is 1.80. The molecule has 2 atom stereocenters. The molecule has 0 amide bonds. The van der Waals surface area contributed by atoms with Crippen LogP contribution in [0.4, 0.5) is 0 Å². The molecule has 0 saturated carbocycles. The molecule has 1 aliphatic heterocycles. The number of ether oxygens (including phenoxy) is 1. The Balaban J connectivity index is 2.69. The van der Waals surface area contributed by atoms with Gasteiger partial charge in [-0.1, -0.05) is 0 Å². The molecule has 0 spiro atoms. The number of carbonyl (C=O) groups excluding carboxylic acids is 1. The van der Waals surface area contributed by atoms with Crippen LogP contribution >= 0.6 is 0 Å².